The summed E-state index contributed by atoms with van der Waals surface area (Å²) in [7, 11) is 2.14. The van der Waals surface area contributed by atoms with Crippen LogP contribution in [-0.2, 0) is 0 Å². The van der Waals surface area contributed by atoms with Crippen molar-refractivity contribution in [1.82, 2.24) is 4.90 Å². The van der Waals surface area contributed by atoms with E-state index in [1.54, 1.807) is 0 Å². The van der Waals surface area contributed by atoms with Gasteiger partial charge >= 0.3 is 0 Å². The van der Waals surface area contributed by atoms with E-state index in [4.69, 9.17) is 10.5 Å². The second kappa shape index (κ2) is 6.10. The molecule has 2 N–H and O–H groups in total. The van der Waals surface area contributed by atoms with Crippen LogP contribution in [0.25, 0.3) is 0 Å². The van der Waals surface area contributed by atoms with Crippen LogP contribution in [0.5, 0.6) is 5.75 Å². The zero-order chi connectivity index (χ0) is 13.8. The van der Waals surface area contributed by atoms with Crippen LogP contribution >= 0.6 is 0 Å². The molecule has 0 aliphatic carbocycles. The number of hydrogen-bond acceptors (Lipinski definition) is 3. The number of benzene rings is 1. The molecule has 0 aliphatic rings. The number of likely N-dealkylation sites (N-methyl/N-ethyl adjacent to an activating group) is 1. The molecule has 0 fully saturated rings. The normalized spacial score (nSPS) is 13.7. The summed E-state index contributed by atoms with van der Waals surface area (Å²) in [6.45, 7) is 10.6. The van der Waals surface area contributed by atoms with Gasteiger partial charge in [-0.15, -0.1) is 0 Å². The Morgan fingerprint density at radius 2 is 2.00 bits per heavy atom. The van der Waals surface area contributed by atoms with Gasteiger partial charge in [-0.2, -0.15) is 0 Å². The van der Waals surface area contributed by atoms with E-state index < -0.39 is 0 Å². The Balaban J connectivity index is 2.38. The van der Waals surface area contributed by atoms with Crippen LogP contribution in [0.1, 0.15) is 27.7 Å². The molecule has 0 saturated carbocycles. The molecule has 1 atom stereocenters. The van der Waals surface area contributed by atoms with E-state index in [1.165, 1.54) is 0 Å². The molecule has 18 heavy (non-hydrogen) atoms. The number of nitrogens with zero attached hydrogens (tertiary/aromatic N) is 1. The van der Waals surface area contributed by atoms with Gasteiger partial charge in [0, 0.05) is 24.3 Å². The average Bonchev–Trinajstić information content (AvgIpc) is 2.26. The summed E-state index contributed by atoms with van der Waals surface area (Å²) in [5, 5.41) is 0. The first-order valence-electron chi connectivity index (χ1n) is 6.49. The van der Waals surface area contributed by atoms with E-state index in [0.29, 0.717) is 12.6 Å². The SMILES string of the molecule is CC(N(C)CCOc1cccc(N)c1)C(C)(C)C. The quantitative estimate of drug-likeness (QED) is 0.816. The van der Waals surface area contributed by atoms with E-state index in [1.807, 2.05) is 24.3 Å². The van der Waals surface area contributed by atoms with Gasteiger partial charge < -0.3 is 10.5 Å². The molecule has 3 nitrogen and oxygen atoms in total. The highest BCUT2D eigenvalue weighted by Gasteiger charge is 2.23. The van der Waals surface area contributed by atoms with E-state index in [9.17, 15) is 0 Å². The highest BCUT2D eigenvalue weighted by Crippen LogP contribution is 2.22. The summed E-state index contributed by atoms with van der Waals surface area (Å²) in [4.78, 5) is 2.33. The molecule has 1 unspecified atom stereocenters. The van der Waals surface area contributed by atoms with Crippen molar-refractivity contribution in [2.45, 2.75) is 33.7 Å². The zero-order valence-corrected chi connectivity index (χ0v) is 12.2. The second-order valence-corrected chi connectivity index (χ2v) is 5.94. The molecular weight excluding hydrogens is 224 g/mol. The third-order valence-corrected chi connectivity index (χ3v) is 3.49. The van der Waals surface area contributed by atoms with Gasteiger partial charge in [0.05, 0.1) is 0 Å². The summed E-state index contributed by atoms with van der Waals surface area (Å²) in [6.07, 6.45) is 0. The van der Waals surface area contributed by atoms with Crippen molar-refractivity contribution in [1.29, 1.82) is 0 Å². The van der Waals surface area contributed by atoms with Crippen LogP contribution in [0, 0.1) is 5.41 Å². The van der Waals surface area contributed by atoms with Gasteiger partial charge in [0.1, 0.15) is 12.4 Å². The van der Waals surface area contributed by atoms with Crippen molar-refractivity contribution < 1.29 is 4.74 Å². The van der Waals surface area contributed by atoms with Gasteiger partial charge in [0.2, 0.25) is 0 Å². The Morgan fingerprint density at radius 3 is 2.56 bits per heavy atom. The molecule has 102 valence electrons. The van der Waals surface area contributed by atoms with E-state index in [2.05, 4.69) is 39.6 Å². The maximum absolute atomic E-state index is 5.71. The summed E-state index contributed by atoms with van der Waals surface area (Å²) in [6, 6.07) is 8.07. The first-order valence-corrected chi connectivity index (χ1v) is 6.49. The van der Waals surface area contributed by atoms with Crippen LogP contribution in [0.4, 0.5) is 5.69 Å². The van der Waals surface area contributed by atoms with Crippen LogP contribution < -0.4 is 10.5 Å². The van der Waals surface area contributed by atoms with Crippen LogP contribution in [0.3, 0.4) is 0 Å². The molecule has 1 rings (SSSR count). The average molecular weight is 250 g/mol. The Morgan fingerprint density at radius 1 is 1.33 bits per heavy atom. The number of nitrogen functional groups attached to an aromatic ring is 1. The summed E-state index contributed by atoms with van der Waals surface area (Å²) in [5.41, 5.74) is 6.73. The zero-order valence-electron chi connectivity index (χ0n) is 12.2. The predicted octanol–water partition coefficient (Wildman–Crippen LogP) is 3.01. The Kier molecular flexibility index (Phi) is 5.03. The fourth-order valence-corrected chi connectivity index (χ4v) is 1.77. The molecule has 0 saturated heterocycles. The van der Waals surface area contributed by atoms with Crippen molar-refractivity contribution in [3.63, 3.8) is 0 Å². The molecule has 0 amide bonds. The Hall–Kier alpha value is -1.22. The molecule has 1 aromatic carbocycles. The summed E-state index contributed by atoms with van der Waals surface area (Å²) < 4.78 is 5.70. The highest BCUT2D eigenvalue weighted by molar-refractivity contribution is 5.43. The standard InChI is InChI=1S/C15H26N2O/c1-12(15(2,3)4)17(5)9-10-18-14-8-6-7-13(16)11-14/h6-8,11-12H,9-10,16H2,1-5H3. The number of rotatable bonds is 5. The second-order valence-electron chi connectivity index (χ2n) is 5.94. The highest BCUT2D eigenvalue weighted by atomic mass is 16.5. The molecule has 0 aromatic heterocycles. The van der Waals surface area contributed by atoms with Crippen molar-refractivity contribution in [2.24, 2.45) is 5.41 Å². The van der Waals surface area contributed by atoms with E-state index in [0.717, 1.165) is 18.0 Å². The summed E-state index contributed by atoms with van der Waals surface area (Å²) >= 11 is 0. The Labute approximate surface area is 111 Å². The molecule has 0 bridgehead atoms. The van der Waals surface area contributed by atoms with Gasteiger partial charge in [0.15, 0.2) is 0 Å². The van der Waals surface area contributed by atoms with Gasteiger partial charge in [-0.3, -0.25) is 4.90 Å². The van der Waals surface area contributed by atoms with Crippen molar-refractivity contribution >= 4 is 5.69 Å². The third-order valence-electron chi connectivity index (χ3n) is 3.49. The lowest BCUT2D eigenvalue weighted by atomic mass is 9.87. The third kappa shape index (κ3) is 4.57. The number of hydrogen-bond donors (Lipinski definition) is 1. The topological polar surface area (TPSA) is 38.5 Å². The fourth-order valence-electron chi connectivity index (χ4n) is 1.77. The van der Waals surface area contributed by atoms with Crippen LogP contribution in [0.15, 0.2) is 24.3 Å². The smallest absolute Gasteiger partial charge is 0.121 e. The van der Waals surface area contributed by atoms with E-state index in [-0.39, 0.29) is 5.41 Å². The minimum absolute atomic E-state index is 0.284. The predicted molar refractivity (Wildman–Crippen MR) is 77.9 cm³/mol. The maximum atomic E-state index is 5.71. The van der Waals surface area contributed by atoms with Crippen molar-refractivity contribution in [2.75, 3.05) is 25.9 Å². The largest absolute Gasteiger partial charge is 0.492 e. The molecular formula is C15H26N2O. The number of nitrogens with two attached hydrogens (primary N) is 1. The van der Waals surface area contributed by atoms with Crippen LogP contribution in [-0.4, -0.2) is 31.1 Å². The van der Waals surface area contributed by atoms with Crippen LogP contribution in [0.2, 0.25) is 0 Å². The first-order chi connectivity index (χ1) is 8.30. The first kappa shape index (κ1) is 14.8. The van der Waals surface area contributed by atoms with Gasteiger partial charge in [-0.1, -0.05) is 26.8 Å². The monoisotopic (exact) mass is 250 g/mol. The molecule has 0 radical (unpaired) electrons. The lowest BCUT2D eigenvalue weighted by Gasteiger charge is -2.35. The Bertz CT molecular complexity index is 371. The lowest BCUT2D eigenvalue weighted by molar-refractivity contribution is 0.121. The minimum Gasteiger partial charge on any atom is -0.492 e. The number of ether oxygens (including phenoxy) is 1. The summed E-state index contributed by atoms with van der Waals surface area (Å²) in [5.74, 6) is 0.840. The minimum atomic E-state index is 0.284. The molecule has 3 heteroatoms. The number of anilines is 1. The molecule has 1 aromatic rings. The van der Waals surface area contributed by atoms with Gasteiger partial charge in [-0.25, -0.2) is 0 Å². The van der Waals surface area contributed by atoms with E-state index >= 15 is 0 Å². The molecule has 0 spiro atoms. The van der Waals surface area contributed by atoms with Crippen molar-refractivity contribution in [3.8, 4) is 5.75 Å². The van der Waals surface area contributed by atoms with Gasteiger partial charge in [-0.05, 0) is 31.5 Å². The molecule has 0 heterocycles. The fraction of sp³-hybridized carbons (Fsp3) is 0.600. The lowest BCUT2D eigenvalue weighted by Crippen LogP contribution is -2.41. The van der Waals surface area contributed by atoms with Gasteiger partial charge in [0.25, 0.3) is 0 Å². The molecule has 0 aliphatic heterocycles. The maximum Gasteiger partial charge on any atom is 0.121 e. The van der Waals surface area contributed by atoms with Crippen molar-refractivity contribution in [3.05, 3.63) is 24.3 Å².